The topological polar surface area (TPSA) is 61.1 Å². The molecule has 0 saturated heterocycles. The summed E-state index contributed by atoms with van der Waals surface area (Å²) in [6, 6.07) is 8.29. The first-order valence-electron chi connectivity index (χ1n) is 3.99. The highest BCUT2D eigenvalue weighted by Gasteiger charge is 2.07. The molecule has 4 heteroatoms. The van der Waals surface area contributed by atoms with Crippen molar-refractivity contribution in [2.24, 2.45) is 0 Å². The van der Waals surface area contributed by atoms with Gasteiger partial charge in [-0.15, -0.1) is 11.6 Å². The molecule has 0 aliphatic carbocycles. The lowest BCUT2D eigenvalue weighted by atomic mass is 10.1. The summed E-state index contributed by atoms with van der Waals surface area (Å²) in [6.45, 7) is 0. The lowest BCUT2D eigenvalue weighted by Crippen LogP contribution is -2.02. The standard InChI is InChI=1S/C10H8ClNO2/c11-9(6-12)5-7-2-1-3-8(4-7)10(13)14/h1-4,9H,5H2,(H,13,14). The molecule has 0 radical (unpaired) electrons. The maximum atomic E-state index is 10.6. The summed E-state index contributed by atoms with van der Waals surface area (Å²) in [6.07, 6.45) is 0.360. The second kappa shape index (κ2) is 4.64. The van der Waals surface area contributed by atoms with Crippen LogP contribution < -0.4 is 0 Å². The Bertz CT molecular complexity index is 384. The van der Waals surface area contributed by atoms with Crippen LogP contribution in [0.5, 0.6) is 0 Å². The maximum Gasteiger partial charge on any atom is 0.335 e. The van der Waals surface area contributed by atoms with Gasteiger partial charge in [0.2, 0.25) is 0 Å². The minimum Gasteiger partial charge on any atom is -0.478 e. The molecule has 14 heavy (non-hydrogen) atoms. The number of nitriles is 1. The first-order chi connectivity index (χ1) is 6.63. The van der Waals surface area contributed by atoms with Gasteiger partial charge in [0.15, 0.2) is 0 Å². The number of carbonyl (C=O) groups is 1. The molecule has 0 heterocycles. The molecule has 0 aliphatic rings. The molecule has 1 N–H and O–H groups in total. The molecule has 1 rings (SSSR count). The summed E-state index contributed by atoms with van der Waals surface area (Å²) in [5, 5.41) is 16.6. The third-order valence-electron chi connectivity index (χ3n) is 1.73. The third-order valence-corrected chi connectivity index (χ3v) is 1.98. The van der Waals surface area contributed by atoms with Crippen molar-refractivity contribution in [3.05, 3.63) is 35.4 Å². The van der Waals surface area contributed by atoms with Crippen LogP contribution in [0.4, 0.5) is 0 Å². The Balaban J connectivity index is 2.85. The van der Waals surface area contributed by atoms with E-state index in [0.29, 0.717) is 6.42 Å². The molecular formula is C10H8ClNO2. The lowest BCUT2D eigenvalue weighted by molar-refractivity contribution is 0.0697. The highest BCUT2D eigenvalue weighted by atomic mass is 35.5. The number of halogens is 1. The van der Waals surface area contributed by atoms with Crippen LogP contribution in [0.3, 0.4) is 0 Å². The van der Waals surface area contributed by atoms with Crippen LogP contribution in [-0.2, 0) is 6.42 Å². The number of hydrogen-bond donors (Lipinski definition) is 1. The fourth-order valence-electron chi connectivity index (χ4n) is 1.08. The molecule has 0 fully saturated rings. The first-order valence-corrected chi connectivity index (χ1v) is 4.43. The van der Waals surface area contributed by atoms with Crippen molar-refractivity contribution in [3.8, 4) is 6.07 Å². The molecular weight excluding hydrogens is 202 g/mol. The summed E-state index contributed by atoms with van der Waals surface area (Å²) in [5.74, 6) is -0.977. The molecule has 3 nitrogen and oxygen atoms in total. The van der Waals surface area contributed by atoms with Crippen molar-refractivity contribution in [1.82, 2.24) is 0 Å². The van der Waals surface area contributed by atoms with Gasteiger partial charge in [0.25, 0.3) is 0 Å². The molecule has 1 atom stereocenters. The Morgan fingerprint density at radius 1 is 1.64 bits per heavy atom. The molecule has 0 amide bonds. The molecule has 0 saturated carbocycles. The largest absolute Gasteiger partial charge is 0.478 e. The van der Waals surface area contributed by atoms with Crippen LogP contribution in [0.1, 0.15) is 15.9 Å². The lowest BCUT2D eigenvalue weighted by Gasteiger charge is -2.02. The molecule has 0 aliphatic heterocycles. The van der Waals surface area contributed by atoms with Crippen LogP contribution in [-0.4, -0.2) is 16.5 Å². The smallest absolute Gasteiger partial charge is 0.335 e. The number of benzene rings is 1. The molecule has 1 aromatic carbocycles. The number of carboxylic acids is 1. The number of alkyl halides is 1. The number of carboxylic acid groups (broad SMARTS) is 1. The van der Waals surface area contributed by atoms with Crippen molar-refractivity contribution in [3.63, 3.8) is 0 Å². The quantitative estimate of drug-likeness (QED) is 0.776. The van der Waals surface area contributed by atoms with Gasteiger partial charge in [0.05, 0.1) is 11.6 Å². The van der Waals surface area contributed by atoms with Crippen LogP contribution >= 0.6 is 11.6 Å². The van der Waals surface area contributed by atoms with Crippen LogP contribution in [0, 0.1) is 11.3 Å². The first kappa shape index (κ1) is 10.6. The van der Waals surface area contributed by atoms with Gasteiger partial charge in [-0.1, -0.05) is 12.1 Å². The van der Waals surface area contributed by atoms with Gasteiger partial charge in [-0.3, -0.25) is 0 Å². The zero-order valence-electron chi connectivity index (χ0n) is 7.27. The molecule has 1 unspecified atom stereocenters. The monoisotopic (exact) mass is 209 g/mol. The van der Waals surface area contributed by atoms with Crippen LogP contribution in [0.15, 0.2) is 24.3 Å². The Morgan fingerprint density at radius 2 is 2.36 bits per heavy atom. The van der Waals surface area contributed by atoms with Gasteiger partial charge in [0.1, 0.15) is 5.38 Å². The van der Waals surface area contributed by atoms with Gasteiger partial charge < -0.3 is 5.11 Å². The number of nitrogens with zero attached hydrogens (tertiary/aromatic N) is 1. The minimum absolute atomic E-state index is 0.212. The average Bonchev–Trinajstić information content (AvgIpc) is 2.18. The van der Waals surface area contributed by atoms with E-state index in [9.17, 15) is 4.79 Å². The molecule has 1 aromatic rings. The normalized spacial score (nSPS) is 11.7. The fraction of sp³-hybridized carbons (Fsp3) is 0.200. The summed E-state index contributed by atoms with van der Waals surface area (Å²) in [4.78, 5) is 10.6. The van der Waals surface area contributed by atoms with Gasteiger partial charge in [-0.05, 0) is 17.7 Å². The highest BCUT2D eigenvalue weighted by Crippen LogP contribution is 2.10. The predicted molar refractivity (Wildman–Crippen MR) is 52.4 cm³/mol. The molecule has 0 aromatic heterocycles. The van der Waals surface area contributed by atoms with E-state index in [2.05, 4.69) is 0 Å². The van der Waals surface area contributed by atoms with Crippen molar-refractivity contribution >= 4 is 17.6 Å². The average molecular weight is 210 g/mol. The Hall–Kier alpha value is -1.53. The van der Waals surface area contributed by atoms with Crippen molar-refractivity contribution < 1.29 is 9.90 Å². The number of hydrogen-bond acceptors (Lipinski definition) is 2. The third kappa shape index (κ3) is 2.75. The summed E-state index contributed by atoms with van der Waals surface area (Å²) in [5.41, 5.74) is 0.968. The molecule has 0 bridgehead atoms. The van der Waals surface area contributed by atoms with E-state index in [1.54, 1.807) is 12.1 Å². The van der Waals surface area contributed by atoms with E-state index in [0.717, 1.165) is 5.56 Å². The van der Waals surface area contributed by atoms with Crippen molar-refractivity contribution in [2.45, 2.75) is 11.8 Å². The van der Waals surface area contributed by atoms with Gasteiger partial charge in [0, 0.05) is 6.42 Å². The Morgan fingerprint density at radius 3 is 2.93 bits per heavy atom. The van der Waals surface area contributed by atoms with Crippen LogP contribution in [0.2, 0.25) is 0 Å². The maximum absolute atomic E-state index is 10.6. The molecule has 0 spiro atoms. The van der Waals surface area contributed by atoms with Gasteiger partial charge in [-0.25, -0.2) is 4.79 Å². The zero-order chi connectivity index (χ0) is 10.6. The number of aromatic carboxylic acids is 1. The van der Waals surface area contributed by atoms with E-state index >= 15 is 0 Å². The second-order valence-electron chi connectivity index (χ2n) is 2.81. The van der Waals surface area contributed by atoms with Crippen molar-refractivity contribution in [2.75, 3.05) is 0 Å². The fourth-order valence-corrected chi connectivity index (χ4v) is 1.26. The minimum atomic E-state index is -0.977. The second-order valence-corrected chi connectivity index (χ2v) is 3.33. The molecule has 72 valence electrons. The highest BCUT2D eigenvalue weighted by molar-refractivity contribution is 6.22. The summed E-state index contributed by atoms with van der Waals surface area (Å²) >= 11 is 5.62. The summed E-state index contributed by atoms with van der Waals surface area (Å²) < 4.78 is 0. The Labute approximate surface area is 86.5 Å². The van der Waals surface area contributed by atoms with E-state index in [-0.39, 0.29) is 5.56 Å². The van der Waals surface area contributed by atoms with E-state index < -0.39 is 11.3 Å². The van der Waals surface area contributed by atoms with E-state index in [1.807, 2.05) is 6.07 Å². The van der Waals surface area contributed by atoms with Gasteiger partial charge in [-0.2, -0.15) is 5.26 Å². The Kier molecular flexibility index (Phi) is 3.49. The zero-order valence-corrected chi connectivity index (χ0v) is 8.03. The van der Waals surface area contributed by atoms with Crippen molar-refractivity contribution in [1.29, 1.82) is 5.26 Å². The van der Waals surface area contributed by atoms with E-state index in [4.69, 9.17) is 22.0 Å². The SMILES string of the molecule is N#CC(Cl)Cc1cccc(C(=O)O)c1. The van der Waals surface area contributed by atoms with Gasteiger partial charge >= 0.3 is 5.97 Å². The van der Waals surface area contributed by atoms with E-state index in [1.165, 1.54) is 12.1 Å². The predicted octanol–water partition coefficient (Wildman–Crippen LogP) is 2.06. The summed E-state index contributed by atoms with van der Waals surface area (Å²) in [7, 11) is 0. The number of rotatable bonds is 3. The van der Waals surface area contributed by atoms with Crippen LogP contribution in [0.25, 0.3) is 0 Å².